The minimum atomic E-state index is -4.55. The number of nitrogens with one attached hydrogen (secondary N) is 1. The number of nitrogens with zero attached hydrogens (tertiary/aromatic N) is 2. The summed E-state index contributed by atoms with van der Waals surface area (Å²) in [7, 11) is 0. The van der Waals surface area contributed by atoms with Gasteiger partial charge in [0.15, 0.2) is 0 Å². The number of benzene rings is 3. The summed E-state index contributed by atoms with van der Waals surface area (Å²) in [5, 5.41) is 2.36. The zero-order chi connectivity index (χ0) is 25.5. The fourth-order valence-corrected chi connectivity index (χ4v) is 3.96. The molecule has 0 aromatic heterocycles. The van der Waals surface area contributed by atoms with Crippen LogP contribution in [-0.2, 0) is 17.6 Å². The molecular weight excluding hydrogens is 471 g/mol. The Balaban J connectivity index is 1.25. The van der Waals surface area contributed by atoms with Crippen LogP contribution in [0.4, 0.5) is 18.9 Å². The zero-order valence-electron chi connectivity index (χ0n) is 19.5. The Morgan fingerprint density at radius 2 is 1.47 bits per heavy atom. The number of carbonyl (C=O) groups is 2. The molecule has 4 rings (SSSR count). The number of hydrogen-bond acceptors (Lipinski definition) is 4. The van der Waals surface area contributed by atoms with Crippen molar-refractivity contribution in [1.29, 1.82) is 0 Å². The normalized spacial score (nSPS) is 14.4. The standard InChI is InChI=1S/C27H26F3N3O3/c28-27(29,30)23-8-4-5-9-24(23)31-25(34)18-32-14-16-33(17-15-32)26(35)21-10-12-22(13-11-21)36-19-20-6-2-1-3-7-20/h1-13H,14-19H2,(H,31,34). The van der Waals surface area contributed by atoms with E-state index in [0.29, 0.717) is 44.1 Å². The van der Waals surface area contributed by atoms with Crippen molar-refractivity contribution in [2.75, 3.05) is 38.0 Å². The lowest BCUT2D eigenvalue weighted by atomic mass is 10.1. The Morgan fingerprint density at radius 3 is 2.14 bits per heavy atom. The second-order valence-corrected chi connectivity index (χ2v) is 8.46. The summed E-state index contributed by atoms with van der Waals surface area (Å²) in [6, 6.07) is 21.6. The number of carbonyl (C=O) groups excluding carboxylic acids is 2. The number of halogens is 3. The third kappa shape index (κ3) is 6.63. The maximum atomic E-state index is 13.1. The van der Waals surface area contributed by atoms with E-state index in [0.717, 1.165) is 11.6 Å². The van der Waals surface area contributed by atoms with Crippen molar-refractivity contribution >= 4 is 17.5 Å². The van der Waals surface area contributed by atoms with E-state index in [1.807, 2.05) is 35.2 Å². The van der Waals surface area contributed by atoms with Crippen molar-refractivity contribution in [3.63, 3.8) is 0 Å². The predicted octanol–water partition coefficient (Wildman–Crippen LogP) is 4.68. The van der Waals surface area contributed by atoms with Gasteiger partial charge in [0.2, 0.25) is 5.91 Å². The molecule has 0 aliphatic carbocycles. The molecule has 0 spiro atoms. The van der Waals surface area contributed by atoms with Crippen LogP contribution >= 0.6 is 0 Å². The van der Waals surface area contributed by atoms with Crippen LogP contribution in [0.25, 0.3) is 0 Å². The van der Waals surface area contributed by atoms with Crippen molar-refractivity contribution < 1.29 is 27.5 Å². The first-order chi connectivity index (χ1) is 17.3. The summed E-state index contributed by atoms with van der Waals surface area (Å²) in [5.74, 6) is 0.0173. The van der Waals surface area contributed by atoms with E-state index in [4.69, 9.17) is 4.74 Å². The number of amides is 2. The van der Waals surface area contributed by atoms with Crippen LogP contribution in [-0.4, -0.2) is 54.3 Å². The topological polar surface area (TPSA) is 61.9 Å². The summed E-state index contributed by atoms with van der Waals surface area (Å²) in [5.41, 5.74) is 0.441. The molecule has 0 radical (unpaired) electrons. The SMILES string of the molecule is O=C(CN1CCN(C(=O)c2ccc(OCc3ccccc3)cc2)CC1)Nc1ccccc1C(F)(F)F. The van der Waals surface area contributed by atoms with E-state index in [2.05, 4.69) is 5.32 Å². The molecule has 36 heavy (non-hydrogen) atoms. The molecule has 1 saturated heterocycles. The lowest BCUT2D eigenvalue weighted by Crippen LogP contribution is -2.50. The van der Waals surface area contributed by atoms with Gasteiger partial charge in [-0.15, -0.1) is 0 Å². The number of alkyl halides is 3. The Labute approximate surface area is 207 Å². The van der Waals surface area contributed by atoms with E-state index < -0.39 is 17.6 Å². The maximum absolute atomic E-state index is 13.1. The number of para-hydroxylation sites is 1. The van der Waals surface area contributed by atoms with E-state index in [9.17, 15) is 22.8 Å². The molecule has 0 unspecified atom stereocenters. The van der Waals surface area contributed by atoms with Crippen molar-refractivity contribution in [3.05, 3.63) is 95.6 Å². The highest BCUT2D eigenvalue weighted by atomic mass is 19.4. The molecule has 1 heterocycles. The van der Waals surface area contributed by atoms with Crippen molar-refractivity contribution in [2.24, 2.45) is 0 Å². The molecular formula is C27H26F3N3O3. The number of ether oxygens (including phenoxy) is 1. The molecule has 0 atom stereocenters. The van der Waals surface area contributed by atoms with Gasteiger partial charge in [0.1, 0.15) is 12.4 Å². The molecule has 6 nitrogen and oxygen atoms in total. The molecule has 1 N–H and O–H groups in total. The van der Waals surface area contributed by atoms with Crippen LogP contribution in [0.15, 0.2) is 78.9 Å². The van der Waals surface area contributed by atoms with Crippen LogP contribution in [0.1, 0.15) is 21.5 Å². The molecule has 1 fully saturated rings. The summed E-state index contributed by atoms with van der Waals surface area (Å²) in [6.07, 6.45) is -4.55. The molecule has 1 aliphatic rings. The minimum absolute atomic E-state index is 0.0539. The van der Waals surface area contributed by atoms with Crippen molar-refractivity contribution in [3.8, 4) is 5.75 Å². The Hall–Kier alpha value is -3.85. The van der Waals surface area contributed by atoms with Crippen molar-refractivity contribution in [2.45, 2.75) is 12.8 Å². The molecule has 2 amide bonds. The average molecular weight is 498 g/mol. The first kappa shape index (κ1) is 25.2. The largest absolute Gasteiger partial charge is 0.489 e. The lowest BCUT2D eigenvalue weighted by molar-refractivity contribution is -0.137. The molecule has 0 saturated carbocycles. The lowest BCUT2D eigenvalue weighted by Gasteiger charge is -2.34. The fraction of sp³-hybridized carbons (Fsp3) is 0.259. The van der Waals surface area contributed by atoms with Crippen LogP contribution in [0.3, 0.4) is 0 Å². The van der Waals surface area contributed by atoms with Gasteiger partial charge in [-0.05, 0) is 42.0 Å². The first-order valence-electron chi connectivity index (χ1n) is 11.5. The second-order valence-electron chi connectivity index (χ2n) is 8.46. The van der Waals surface area contributed by atoms with Gasteiger partial charge in [-0.1, -0.05) is 42.5 Å². The number of anilines is 1. The van der Waals surface area contributed by atoms with E-state index in [-0.39, 0.29) is 18.1 Å². The quantitative estimate of drug-likeness (QED) is 0.515. The van der Waals surface area contributed by atoms with Gasteiger partial charge in [-0.3, -0.25) is 14.5 Å². The molecule has 3 aromatic carbocycles. The minimum Gasteiger partial charge on any atom is -0.489 e. The number of hydrogen-bond donors (Lipinski definition) is 1. The zero-order valence-corrected chi connectivity index (χ0v) is 19.5. The van der Waals surface area contributed by atoms with Gasteiger partial charge < -0.3 is 15.0 Å². The summed E-state index contributed by atoms with van der Waals surface area (Å²) >= 11 is 0. The van der Waals surface area contributed by atoms with Gasteiger partial charge in [0, 0.05) is 31.7 Å². The van der Waals surface area contributed by atoms with E-state index >= 15 is 0 Å². The van der Waals surface area contributed by atoms with Crippen LogP contribution < -0.4 is 10.1 Å². The Kier molecular flexibility index (Phi) is 7.90. The summed E-state index contributed by atoms with van der Waals surface area (Å²) < 4.78 is 45.2. The third-order valence-electron chi connectivity index (χ3n) is 5.88. The Morgan fingerprint density at radius 1 is 0.833 bits per heavy atom. The van der Waals surface area contributed by atoms with Crippen molar-refractivity contribution in [1.82, 2.24) is 9.80 Å². The van der Waals surface area contributed by atoms with Gasteiger partial charge in [0.05, 0.1) is 17.8 Å². The van der Waals surface area contributed by atoms with Gasteiger partial charge in [-0.2, -0.15) is 13.2 Å². The molecule has 9 heteroatoms. The Bertz CT molecular complexity index is 1180. The second kappa shape index (κ2) is 11.3. The van der Waals surface area contributed by atoms with Crippen LogP contribution in [0.5, 0.6) is 5.75 Å². The monoisotopic (exact) mass is 497 g/mol. The van der Waals surface area contributed by atoms with Gasteiger partial charge in [0.25, 0.3) is 5.91 Å². The summed E-state index contributed by atoms with van der Waals surface area (Å²) in [4.78, 5) is 28.7. The highest BCUT2D eigenvalue weighted by molar-refractivity contribution is 5.95. The molecule has 3 aromatic rings. The highest BCUT2D eigenvalue weighted by Crippen LogP contribution is 2.34. The van der Waals surface area contributed by atoms with Crippen LogP contribution in [0, 0.1) is 0 Å². The third-order valence-corrected chi connectivity index (χ3v) is 5.88. The predicted molar refractivity (Wildman–Crippen MR) is 130 cm³/mol. The van der Waals surface area contributed by atoms with E-state index in [1.165, 1.54) is 18.2 Å². The molecule has 188 valence electrons. The number of rotatable bonds is 7. The summed E-state index contributed by atoms with van der Waals surface area (Å²) in [6.45, 7) is 2.10. The van der Waals surface area contributed by atoms with Gasteiger partial charge >= 0.3 is 6.18 Å². The van der Waals surface area contributed by atoms with E-state index in [1.54, 1.807) is 29.2 Å². The number of piperazine rings is 1. The molecule has 1 aliphatic heterocycles. The molecule has 0 bridgehead atoms. The first-order valence-corrected chi connectivity index (χ1v) is 11.5. The smallest absolute Gasteiger partial charge is 0.418 e. The average Bonchev–Trinajstić information content (AvgIpc) is 2.88. The maximum Gasteiger partial charge on any atom is 0.418 e. The fourth-order valence-electron chi connectivity index (χ4n) is 3.96. The highest BCUT2D eigenvalue weighted by Gasteiger charge is 2.33. The van der Waals surface area contributed by atoms with Gasteiger partial charge in [-0.25, -0.2) is 0 Å². The van der Waals surface area contributed by atoms with Crippen LogP contribution in [0.2, 0.25) is 0 Å².